The fourth-order valence-electron chi connectivity index (χ4n) is 2.28. The molecule has 0 aromatic heterocycles. The van der Waals surface area contributed by atoms with Crippen molar-refractivity contribution in [2.75, 3.05) is 25.1 Å². The Bertz CT molecular complexity index is 505. The molecule has 94 valence electrons. The van der Waals surface area contributed by atoms with Crippen LogP contribution in [0.5, 0.6) is 0 Å². The summed E-state index contributed by atoms with van der Waals surface area (Å²) < 4.78 is 23.2. The van der Waals surface area contributed by atoms with E-state index in [4.69, 9.17) is 5.73 Å². The van der Waals surface area contributed by atoms with E-state index in [0.29, 0.717) is 11.6 Å². The SMILES string of the molecule is CS(=O)(=O)c1cc(C2CCNCC2)ccc1N. The van der Waals surface area contributed by atoms with Crippen molar-refractivity contribution in [2.24, 2.45) is 0 Å². The Morgan fingerprint density at radius 1 is 1.29 bits per heavy atom. The number of nitrogens with two attached hydrogens (primary N) is 1. The van der Waals surface area contributed by atoms with Gasteiger partial charge in [0.1, 0.15) is 0 Å². The van der Waals surface area contributed by atoms with E-state index < -0.39 is 9.84 Å². The fourth-order valence-corrected chi connectivity index (χ4v) is 3.13. The predicted molar refractivity (Wildman–Crippen MR) is 68.8 cm³/mol. The zero-order chi connectivity index (χ0) is 12.5. The van der Waals surface area contributed by atoms with Gasteiger partial charge in [0.15, 0.2) is 9.84 Å². The van der Waals surface area contributed by atoms with Gasteiger partial charge >= 0.3 is 0 Å². The quantitative estimate of drug-likeness (QED) is 0.776. The summed E-state index contributed by atoms with van der Waals surface area (Å²) in [6.07, 6.45) is 3.30. The van der Waals surface area contributed by atoms with E-state index in [-0.39, 0.29) is 4.90 Å². The Morgan fingerprint density at radius 3 is 2.53 bits per heavy atom. The summed E-state index contributed by atoms with van der Waals surface area (Å²) in [6.45, 7) is 1.98. The molecule has 1 aromatic rings. The number of hydrogen-bond acceptors (Lipinski definition) is 4. The fraction of sp³-hybridized carbons (Fsp3) is 0.500. The Balaban J connectivity index is 2.37. The number of hydrogen-bond donors (Lipinski definition) is 2. The number of piperidine rings is 1. The van der Waals surface area contributed by atoms with Crippen LogP contribution in [0.2, 0.25) is 0 Å². The molecule has 1 aromatic carbocycles. The maximum atomic E-state index is 11.6. The van der Waals surface area contributed by atoms with Crippen LogP contribution in [0, 0.1) is 0 Å². The Morgan fingerprint density at radius 2 is 1.94 bits per heavy atom. The van der Waals surface area contributed by atoms with Crippen molar-refractivity contribution in [2.45, 2.75) is 23.7 Å². The number of anilines is 1. The summed E-state index contributed by atoms with van der Waals surface area (Å²) in [4.78, 5) is 0.258. The van der Waals surface area contributed by atoms with Gasteiger partial charge in [0.2, 0.25) is 0 Å². The molecule has 0 bridgehead atoms. The zero-order valence-electron chi connectivity index (χ0n) is 9.94. The van der Waals surface area contributed by atoms with Crippen LogP contribution >= 0.6 is 0 Å². The summed E-state index contributed by atoms with van der Waals surface area (Å²) in [5.74, 6) is 0.442. The van der Waals surface area contributed by atoms with Crippen LogP contribution in [0.1, 0.15) is 24.3 Å². The zero-order valence-corrected chi connectivity index (χ0v) is 10.8. The molecule has 0 saturated carbocycles. The van der Waals surface area contributed by atoms with E-state index in [2.05, 4.69) is 5.32 Å². The van der Waals surface area contributed by atoms with Crippen molar-refractivity contribution < 1.29 is 8.42 Å². The van der Waals surface area contributed by atoms with Gasteiger partial charge in [-0.3, -0.25) is 0 Å². The summed E-state index contributed by atoms with van der Waals surface area (Å²) >= 11 is 0. The van der Waals surface area contributed by atoms with Crippen molar-refractivity contribution in [1.82, 2.24) is 5.32 Å². The summed E-state index contributed by atoms with van der Waals surface area (Å²) in [7, 11) is -3.24. The van der Waals surface area contributed by atoms with Crippen LogP contribution in [-0.4, -0.2) is 27.8 Å². The second kappa shape index (κ2) is 4.66. The van der Waals surface area contributed by atoms with Crippen LogP contribution in [0.15, 0.2) is 23.1 Å². The largest absolute Gasteiger partial charge is 0.398 e. The molecule has 0 radical (unpaired) electrons. The lowest BCUT2D eigenvalue weighted by molar-refractivity contribution is 0.460. The van der Waals surface area contributed by atoms with Gasteiger partial charge in [0, 0.05) is 6.26 Å². The highest BCUT2D eigenvalue weighted by molar-refractivity contribution is 7.90. The smallest absolute Gasteiger partial charge is 0.177 e. The molecule has 17 heavy (non-hydrogen) atoms. The second-order valence-corrected chi connectivity index (χ2v) is 6.58. The highest BCUT2D eigenvalue weighted by atomic mass is 32.2. The van der Waals surface area contributed by atoms with Crippen LogP contribution in [-0.2, 0) is 9.84 Å². The lowest BCUT2D eigenvalue weighted by Gasteiger charge is -2.23. The molecular weight excluding hydrogens is 236 g/mol. The summed E-state index contributed by atoms with van der Waals surface area (Å²) in [5, 5.41) is 3.30. The highest BCUT2D eigenvalue weighted by Gasteiger charge is 2.18. The predicted octanol–water partition coefficient (Wildman–Crippen LogP) is 1.14. The lowest BCUT2D eigenvalue weighted by atomic mass is 9.90. The van der Waals surface area contributed by atoms with E-state index >= 15 is 0 Å². The minimum absolute atomic E-state index is 0.258. The molecule has 5 heteroatoms. The topological polar surface area (TPSA) is 72.2 Å². The van der Waals surface area contributed by atoms with Crippen LogP contribution in [0.3, 0.4) is 0 Å². The molecule has 4 nitrogen and oxygen atoms in total. The first-order chi connectivity index (χ1) is 7.98. The third kappa shape index (κ3) is 2.79. The van der Waals surface area contributed by atoms with Crippen molar-refractivity contribution in [3.05, 3.63) is 23.8 Å². The molecule has 1 heterocycles. The maximum Gasteiger partial charge on any atom is 0.177 e. The minimum Gasteiger partial charge on any atom is -0.398 e. The molecule has 1 aliphatic heterocycles. The van der Waals surface area contributed by atoms with Gasteiger partial charge in [-0.05, 0) is 49.5 Å². The average molecular weight is 254 g/mol. The number of nitrogen functional groups attached to an aromatic ring is 1. The van der Waals surface area contributed by atoms with E-state index in [0.717, 1.165) is 31.5 Å². The van der Waals surface area contributed by atoms with Gasteiger partial charge < -0.3 is 11.1 Å². The normalized spacial score (nSPS) is 18.2. The molecule has 1 fully saturated rings. The first kappa shape index (κ1) is 12.4. The Labute approximate surface area is 102 Å². The number of nitrogens with one attached hydrogen (secondary N) is 1. The van der Waals surface area contributed by atoms with Gasteiger partial charge in [-0.15, -0.1) is 0 Å². The van der Waals surface area contributed by atoms with Gasteiger partial charge in [-0.25, -0.2) is 8.42 Å². The van der Waals surface area contributed by atoms with Crippen LogP contribution in [0.25, 0.3) is 0 Å². The van der Waals surface area contributed by atoms with Crippen LogP contribution < -0.4 is 11.1 Å². The van der Waals surface area contributed by atoms with Crippen LogP contribution in [0.4, 0.5) is 5.69 Å². The molecule has 0 spiro atoms. The average Bonchev–Trinajstić information content (AvgIpc) is 2.29. The molecular formula is C12H18N2O2S. The molecule has 3 N–H and O–H groups in total. The van der Waals surface area contributed by atoms with Crippen molar-refractivity contribution in [3.8, 4) is 0 Å². The Hall–Kier alpha value is -1.07. The standard InChI is InChI=1S/C12H18N2O2S/c1-17(15,16)12-8-10(2-3-11(12)13)9-4-6-14-7-5-9/h2-3,8-9,14H,4-7,13H2,1H3. The van der Waals surface area contributed by atoms with Gasteiger partial charge in [0.25, 0.3) is 0 Å². The molecule has 0 amide bonds. The minimum atomic E-state index is -3.24. The third-order valence-corrected chi connectivity index (χ3v) is 4.40. The maximum absolute atomic E-state index is 11.6. The highest BCUT2D eigenvalue weighted by Crippen LogP contribution is 2.29. The third-order valence-electron chi connectivity index (χ3n) is 3.25. The Kier molecular flexibility index (Phi) is 3.40. The van der Waals surface area contributed by atoms with E-state index in [1.807, 2.05) is 6.07 Å². The first-order valence-electron chi connectivity index (χ1n) is 5.78. The molecule has 0 atom stereocenters. The van der Waals surface area contributed by atoms with E-state index in [9.17, 15) is 8.42 Å². The molecule has 1 aliphatic rings. The lowest BCUT2D eigenvalue weighted by Crippen LogP contribution is -2.26. The first-order valence-corrected chi connectivity index (χ1v) is 7.68. The monoisotopic (exact) mass is 254 g/mol. The molecule has 2 rings (SSSR count). The van der Waals surface area contributed by atoms with E-state index in [1.54, 1.807) is 12.1 Å². The number of rotatable bonds is 2. The number of benzene rings is 1. The number of sulfone groups is 1. The molecule has 1 saturated heterocycles. The molecule has 0 aliphatic carbocycles. The second-order valence-electron chi connectivity index (χ2n) is 4.59. The van der Waals surface area contributed by atoms with Crippen molar-refractivity contribution in [3.63, 3.8) is 0 Å². The molecule has 0 unspecified atom stereocenters. The van der Waals surface area contributed by atoms with Gasteiger partial charge in [-0.2, -0.15) is 0 Å². The van der Waals surface area contributed by atoms with Crippen molar-refractivity contribution >= 4 is 15.5 Å². The summed E-state index contributed by atoms with van der Waals surface area (Å²) in [5.41, 5.74) is 7.14. The van der Waals surface area contributed by atoms with Crippen molar-refractivity contribution in [1.29, 1.82) is 0 Å². The van der Waals surface area contributed by atoms with Gasteiger partial charge in [-0.1, -0.05) is 6.07 Å². The summed E-state index contributed by atoms with van der Waals surface area (Å²) in [6, 6.07) is 5.38. The van der Waals surface area contributed by atoms with E-state index in [1.165, 1.54) is 6.26 Å². The van der Waals surface area contributed by atoms with Gasteiger partial charge in [0.05, 0.1) is 10.6 Å².